The van der Waals surface area contributed by atoms with Gasteiger partial charge in [-0.25, -0.2) is 9.37 Å². The van der Waals surface area contributed by atoms with Crippen molar-refractivity contribution in [3.8, 4) is 0 Å². The SMILES string of the molecule is CN(C)c1ccc(NC(=O)c2cccc(C(=O)NCc3ccccc3F)n2)cc1. The molecule has 0 unspecified atom stereocenters. The van der Waals surface area contributed by atoms with Gasteiger partial charge < -0.3 is 15.5 Å². The number of carbonyl (C=O) groups is 2. The van der Waals surface area contributed by atoms with Crippen LogP contribution in [-0.4, -0.2) is 30.9 Å². The average molecular weight is 392 g/mol. The fourth-order valence-electron chi connectivity index (χ4n) is 2.63. The van der Waals surface area contributed by atoms with E-state index in [0.717, 1.165) is 5.69 Å². The van der Waals surface area contributed by atoms with Crippen LogP contribution in [0.4, 0.5) is 15.8 Å². The first-order valence-corrected chi connectivity index (χ1v) is 9.01. The Bertz CT molecular complexity index is 1020. The van der Waals surface area contributed by atoms with Crippen LogP contribution in [0.3, 0.4) is 0 Å². The van der Waals surface area contributed by atoms with E-state index in [0.29, 0.717) is 11.3 Å². The van der Waals surface area contributed by atoms with Crippen molar-refractivity contribution < 1.29 is 14.0 Å². The molecule has 2 N–H and O–H groups in total. The fraction of sp³-hybridized carbons (Fsp3) is 0.136. The Hall–Kier alpha value is -3.74. The van der Waals surface area contributed by atoms with Crippen LogP contribution in [0.5, 0.6) is 0 Å². The van der Waals surface area contributed by atoms with Crippen molar-refractivity contribution in [2.75, 3.05) is 24.3 Å². The number of hydrogen-bond acceptors (Lipinski definition) is 4. The van der Waals surface area contributed by atoms with Gasteiger partial charge in [-0.15, -0.1) is 0 Å². The standard InChI is InChI=1S/C22H21FN4O2/c1-27(2)17-12-10-16(11-13-17)25-22(29)20-9-5-8-19(26-20)21(28)24-14-15-6-3-4-7-18(15)23/h3-13H,14H2,1-2H3,(H,24,28)(H,25,29). The van der Waals surface area contributed by atoms with Crippen LogP contribution in [0.15, 0.2) is 66.7 Å². The second-order valence-corrected chi connectivity index (χ2v) is 6.58. The molecule has 0 spiro atoms. The van der Waals surface area contributed by atoms with Gasteiger partial charge in [0.05, 0.1) is 0 Å². The zero-order valence-electron chi connectivity index (χ0n) is 16.1. The van der Waals surface area contributed by atoms with Crippen LogP contribution in [0.25, 0.3) is 0 Å². The molecule has 6 nitrogen and oxygen atoms in total. The predicted octanol–water partition coefficient (Wildman–Crippen LogP) is 3.47. The van der Waals surface area contributed by atoms with Gasteiger partial charge in [0.1, 0.15) is 17.2 Å². The molecule has 0 aliphatic carbocycles. The number of halogens is 1. The van der Waals surface area contributed by atoms with Gasteiger partial charge in [0.2, 0.25) is 0 Å². The highest BCUT2D eigenvalue weighted by Crippen LogP contribution is 2.16. The molecule has 1 heterocycles. The van der Waals surface area contributed by atoms with E-state index in [9.17, 15) is 14.0 Å². The highest BCUT2D eigenvalue weighted by atomic mass is 19.1. The van der Waals surface area contributed by atoms with Crippen LogP contribution in [0.2, 0.25) is 0 Å². The smallest absolute Gasteiger partial charge is 0.274 e. The molecule has 0 saturated carbocycles. The molecular formula is C22H21FN4O2. The number of nitrogens with zero attached hydrogens (tertiary/aromatic N) is 2. The lowest BCUT2D eigenvalue weighted by Crippen LogP contribution is -2.25. The predicted molar refractivity (Wildman–Crippen MR) is 111 cm³/mol. The maximum absolute atomic E-state index is 13.7. The normalized spacial score (nSPS) is 10.3. The summed E-state index contributed by atoms with van der Waals surface area (Å²) in [7, 11) is 3.86. The lowest BCUT2D eigenvalue weighted by molar-refractivity contribution is 0.0945. The van der Waals surface area contributed by atoms with E-state index < -0.39 is 17.6 Å². The zero-order valence-corrected chi connectivity index (χ0v) is 16.1. The molecule has 0 aliphatic heterocycles. The Balaban J connectivity index is 1.65. The van der Waals surface area contributed by atoms with Crippen molar-refractivity contribution >= 4 is 23.2 Å². The van der Waals surface area contributed by atoms with E-state index in [2.05, 4.69) is 15.6 Å². The van der Waals surface area contributed by atoms with E-state index in [1.807, 2.05) is 31.1 Å². The molecule has 1 aromatic heterocycles. The Labute approximate surface area is 168 Å². The number of benzene rings is 2. The summed E-state index contributed by atoms with van der Waals surface area (Å²) in [4.78, 5) is 30.9. The van der Waals surface area contributed by atoms with Gasteiger partial charge in [-0.3, -0.25) is 9.59 Å². The van der Waals surface area contributed by atoms with Gasteiger partial charge in [0, 0.05) is 37.6 Å². The summed E-state index contributed by atoms with van der Waals surface area (Å²) in [5.41, 5.74) is 2.19. The summed E-state index contributed by atoms with van der Waals surface area (Å²) in [5.74, 6) is -1.31. The highest BCUT2D eigenvalue weighted by Gasteiger charge is 2.13. The van der Waals surface area contributed by atoms with Crippen LogP contribution >= 0.6 is 0 Å². The number of rotatable bonds is 6. The van der Waals surface area contributed by atoms with Gasteiger partial charge in [-0.05, 0) is 42.5 Å². The van der Waals surface area contributed by atoms with E-state index in [4.69, 9.17) is 0 Å². The molecule has 2 amide bonds. The highest BCUT2D eigenvalue weighted by molar-refractivity contribution is 6.03. The molecule has 3 rings (SSSR count). The monoisotopic (exact) mass is 392 g/mol. The minimum atomic E-state index is -0.488. The van der Waals surface area contributed by atoms with Crippen molar-refractivity contribution in [3.63, 3.8) is 0 Å². The van der Waals surface area contributed by atoms with Gasteiger partial charge in [-0.2, -0.15) is 0 Å². The average Bonchev–Trinajstić information content (AvgIpc) is 2.73. The van der Waals surface area contributed by atoms with Gasteiger partial charge in [0.15, 0.2) is 0 Å². The number of anilines is 2. The maximum Gasteiger partial charge on any atom is 0.274 e. The minimum Gasteiger partial charge on any atom is -0.378 e. The van der Waals surface area contributed by atoms with Gasteiger partial charge in [-0.1, -0.05) is 24.3 Å². The summed E-state index contributed by atoms with van der Waals surface area (Å²) >= 11 is 0. The van der Waals surface area contributed by atoms with Crippen molar-refractivity contribution in [1.29, 1.82) is 0 Å². The molecule has 0 radical (unpaired) electrons. The summed E-state index contributed by atoms with van der Waals surface area (Å²) in [6, 6.07) is 18.1. The van der Waals surface area contributed by atoms with Crippen LogP contribution in [-0.2, 0) is 6.54 Å². The Kier molecular flexibility index (Phi) is 6.19. The topological polar surface area (TPSA) is 74.3 Å². The molecule has 148 valence electrons. The van der Waals surface area contributed by atoms with Gasteiger partial charge in [0.25, 0.3) is 11.8 Å². The molecule has 2 aromatic carbocycles. The summed E-state index contributed by atoms with van der Waals surface area (Å²) < 4.78 is 13.7. The third-order valence-electron chi connectivity index (χ3n) is 4.25. The zero-order chi connectivity index (χ0) is 20.8. The van der Waals surface area contributed by atoms with E-state index in [1.54, 1.807) is 36.4 Å². The lowest BCUT2D eigenvalue weighted by Gasteiger charge is -2.13. The molecule has 0 aliphatic rings. The number of aromatic nitrogens is 1. The van der Waals surface area contributed by atoms with Crippen LogP contribution in [0.1, 0.15) is 26.5 Å². The number of carbonyl (C=O) groups excluding carboxylic acids is 2. The van der Waals surface area contributed by atoms with E-state index in [1.165, 1.54) is 18.2 Å². The largest absolute Gasteiger partial charge is 0.378 e. The number of hydrogen-bond donors (Lipinski definition) is 2. The first kappa shape index (κ1) is 20.0. The summed E-state index contributed by atoms with van der Waals surface area (Å²) in [6.07, 6.45) is 0. The molecule has 0 fully saturated rings. The quantitative estimate of drug-likeness (QED) is 0.674. The van der Waals surface area contributed by atoms with E-state index >= 15 is 0 Å². The second kappa shape index (κ2) is 8.97. The third kappa shape index (κ3) is 5.16. The van der Waals surface area contributed by atoms with Crippen molar-refractivity contribution in [2.45, 2.75) is 6.54 Å². The van der Waals surface area contributed by atoms with Crippen molar-refractivity contribution in [3.05, 3.63) is 89.5 Å². The molecule has 7 heteroatoms. The Morgan fingerprint density at radius 2 is 1.55 bits per heavy atom. The first-order chi connectivity index (χ1) is 13.9. The number of amides is 2. The molecule has 0 saturated heterocycles. The summed E-state index contributed by atoms with van der Waals surface area (Å²) in [6.45, 7) is 0.0296. The summed E-state index contributed by atoms with van der Waals surface area (Å²) in [5, 5.41) is 5.37. The number of pyridine rings is 1. The van der Waals surface area contributed by atoms with Crippen molar-refractivity contribution in [1.82, 2.24) is 10.3 Å². The minimum absolute atomic E-state index is 0.0296. The molecule has 29 heavy (non-hydrogen) atoms. The Morgan fingerprint density at radius 1 is 0.897 bits per heavy atom. The third-order valence-corrected chi connectivity index (χ3v) is 4.25. The lowest BCUT2D eigenvalue weighted by atomic mass is 10.2. The fourth-order valence-corrected chi connectivity index (χ4v) is 2.63. The second-order valence-electron chi connectivity index (χ2n) is 6.58. The number of nitrogens with one attached hydrogen (secondary N) is 2. The molecule has 0 bridgehead atoms. The first-order valence-electron chi connectivity index (χ1n) is 9.01. The van der Waals surface area contributed by atoms with Crippen LogP contribution < -0.4 is 15.5 Å². The molecule has 0 atom stereocenters. The van der Waals surface area contributed by atoms with Gasteiger partial charge >= 0.3 is 0 Å². The van der Waals surface area contributed by atoms with Crippen molar-refractivity contribution in [2.24, 2.45) is 0 Å². The Morgan fingerprint density at radius 3 is 2.21 bits per heavy atom. The maximum atomic E-state index is 13.7. The van der Waals surface area contributed by atoms with E-state index in [-0.39, 0.29) is 17.9 Å². The molecule has 3 aromatic rings. The molecular weight excluding hydrogens is 371 g/mol. The van der Waals surface area contributed by atoms with Crippen LogP contribution in [0, 0.1) is 5.82 Å².